The molecule has 8 heteroatoms. The van der Waals surface area contributed by atoms with Gasteiger partial charge in [-0.1, -0.05) is 12.1 Å². The molecule has 1 aromatic carbocycles. The lowest BCUT2D eigenvalue weighted by atomic mass is 10.1. The monoisotopic (exact) mass is 448 g/mol. The summed E-state index contributed by atoms with van der Waals surface area (Å²) in [6.45, 7) is 11.1. The smallest absolute Gasteiger partial charge is 0.322 e. The van der Waals surface area contributed by atoms with Crippen molar-refractivity contribution in [1.29, 1.82) is 5.26 Å². The number of carbonyl (C=O) groups excluding carboxylic acids is 1. The predicted octanol–water partition coefficient (Wildman–Crippen LogP) is 3.56. The van der Waals surface area contributed by atoms with Crippen LogP contribution < -0.4 is 15.0 Å². The minimum Gasteiger partial charge on any atom is -0.469 e. The Balaban J connectivity index is 1.46. The van der Waals surface area contributed by atoms with Crippen LogP contribution in [-0.4, -0.2) is 71.7 Å². The highest BCUT2D eigenvalue weighted by Gasteiger charge is 2.39. The largest absolute Gasteiger partial charge is 0.469 e. The molecule has 2 aromatic rings. The Hall–Kier alpha value is -3.31. The fourth-order valence-corrected chi connectivity index (χ4v) is 4.54. The molecule has 2 fully saturated rings. The number of hydrogen-bond donors (Lipinski definition) is 1. The average Bonchev–Trinajstić information content (AvgIpc) is 3.21. The van der Waals surface area contributed by atoms with Crippen molar-refractivity contribution in [3.63, 3.8) is 0 Å². The molecule has 3 heterocycles. The van der Waals surface area contributed by atoms with E-state index in [9.17, 15) is 10.1 Å². The predicted molar refractivity (Wildman–Crippen MR) is 129 cm³/mol. The van der Waals surface area contributed by atoms with Crippen LogP contribution in [0.15, 0.2) is 42.6 Å². The summed E-state index contributed by atoms with van der Waals surface area (Å²) in [6, 6.07) is 13.7. The molecule has 1 aromatic heterocycles. The van der Waals surface area contributed by atoms with E-state index in [1.54, 1.807) is 17.2 Å². The summed E-state index contributed by atoms with van der Waals surface area (Å²) in [5.74, 6) is 0.555. The molecule has 0 unspecified atom stereocenters. The number of pyridine rings is 1. The van der Waals surface area contributed by atoms with Crippen molar-refractivity contribution in [3.8, 4) is 11.9 Å². The second-order valence-electron chi connectivity index (χ2n) is 9.25. The maximum atomic E-state index is 13.2. The number of amides is 2. The van der Waals surface area contributed by atoms with Crippen LogP contribution in [0.3, 0.4) is 0 Å². The SMILES string of the molecule is CC(C)N1CCN(c2cccc(C#N)c2NC(=O)N2CC[C@@](C)(Oc3ccccn3)C2)CC1. The standard InChI is InChI=1S/C25H32N6O2/c1-19(2)29-13-15-30(16-14-29)21-8-6-7-20(17-26)23(21)28-24(32)31-12-10-25(3,18-31)33-22-9-4-5-11-27-22/h4-9,11,19H,10,12-16,18H2,1-3H3,(H,28,32)/t25-/m1/s1. The van der Waals surface area contributed by atoms with Crippen LogP contribution in [0.25, 0.3) is 0 Å². The molecule has 0 bridgehead atoms. The van der Waals surface area contributed by atoms with Gasteiger partial charge < -0.3 is 19.9 Å². The van der Waals surface area contributed by atoms with Gasteiger partial charge in [0, 0.05) is 57.4 Å². The van der Waals surface area contributed by atoms with Crippen LogP contribution in [0.5, 0.6) is 5.88 Å². The number of nitrogens with one attached hydrogen (secondary N) is 1. The summed E-state index contributed by atoms with van der Waals surface area (Å²) >= 11 is 0. The summed E-state index contributed by atoms with van der Waals surface area (Å²) < 4.78 is 6.09. The lowest BCUT2D eigenvalue weighted by Crippen LogP contribution is -2.49. The minimum absolute atomic E-state index is 0.215. The number of anilines is 2. The second kappa shape index (κ2) is 9.67. The zero-order chi connectivity index (χ0) is 23.4. The number of urea groups is 1. The van der Waals surface area contributed by atoms with Crippen molar-refractivity contribution in [1.82, 2.24) is 14.8 Å². The van der Waals surface area contributed by atoms with Crippen molar-refractivity contribution < 1.29 is 9.53 Å². The number of ether oxygens (including phenoxy) is 1. The van der Waals surface area contributed by atoms with E-state index in [0.717, 1.165) is 31.9 Å². The number of rotatable bonds is 5. The van der Waals surface area contributed by atoms with Crippen LogP contribution in [-0.2, 0) is 0 Å². The molecule has 2 saturated heterocycles. The van der Waals surface area contributed by atoms with Crippen LogP contribution >= 0.6 is 0 Å². The summed E-state index contributed by atoms with van der Waals surface area (Å²) in [7, 11) is 0. The van der Waals surface area contributed by atoms with Gasteiger partial charge in [0.25, 0.3) is 0 Å². The summed E-state index contributed by atoms with van der Waals surface area (Å²) in [4.78, 5) is 23.9. The number of nitrogens with zero attached hydrogens (tertiary/aromatic N) is 5. The lowest BCUT2D eigenvalue weighted by molar-refractivity contribution is 0.0945. The zero-order valence-corrected chi connectivity index (χ0v) is 19.6. The number of likely N-dealkylation sites (tertiary alicyclic amines) is 1. The van der Waals surface area contributed by atoms with E-state index in [1.807, 2.05) is 37.3 Å². The molecule has 2 aliphatic heterocycles. The number of hydrogen-bond acceptors (Lipinski definition) is 6. The van der Waals surface area contributed by atoms with Gasteiger partial charge >= 0.3 is 6.03 Å². The summed E-state index contributed by atoms with van der Waals surface area (Å²) in [5, 5.41) is 12.8. The highest BCUT2D eigenvalue weighted by Crippen LogP contribution is 2.32. The normalized spacial score (nSPS) is 21.2. The first kappa shape index (κ1) is 22.9. The maximum Gasteiger partial charge on any atom is 0.322 e. The average molecular weight is 449 g/mol. The van der Waals surface area contributed by atoms with E-state index in [0.29, 0.717) is 42.7 Å². The molecule has 2 aliphatic rings. The molecule has 174 valence electrons. The number of aromatic nitrogens is 1. The molecule has 0 aliphatic carbocycles. The third-order valence-corrected chi connectivity index (χ3v) is 6.49. The van der Waals surface area contributed by atoms with Gasteiger partial charge in [-0.3, -0.25) is 4.90 Å². The highest BCUT2D eigenvalue weighted by atomic mass is 16.5. The van der Waals surface area contributed by atoms with Gasteiger partial charge in [0.2, 0.25) is 5.88 Å². The molecule has 33 heavy (non-hydrogen) atoms. The maximum absolute atomic E-state index is 13.2. The molecule has 8 nitrogen and oxygen atoms in total. The van der Waals surface area contributed by atoms with Crippen molar-refractivity contribution >= 4 is 17.4 Å². The molecule has 1 N–H and O–H groups in total. The molecular formula is C25H32N6O2. The van der Waals surface area contributed by atoms with Crippen LogP contribution in [0, 0.1) is 11.3 Å². The van der Waals surface area contributed by atoms with Gasteiger partial charge in [0.15, 0.2) is 0 Å². The first-order valence-corrected chi connectivity index (χ1v) is 11.6. The Bertz CT molecular complexity index is 1010. The van der Waals surface area contributed by atoms with Gasteiger partial charge in [0.05, 0.1) is 23.5 Å². The molecular weight excluding hydrogens is 416 g/mol. The quantitative estimate of drug-likeness (QED) is 0.753. The number of benzene rings is 1. The van der Waals surface area contributed by atoms with Crippen molar-refractivity contribution in [2.24, 2.45) is 0 Å². The van der Waals surface area contributed by atoms with Gasteiger partial charge in [-0.15, -0.1) is 0 Å². The topological polar surface area (TPSA) is 84.7 Å². The van der Waals surface area contributed by atoms with E-state index in [2.05, 4.69) is 40.0 Å². The first-order valence-electron chi connectivity index (χ1n) is 11.6. The number of carbonyl (C=O) groups is 1. The second-order valence-corrected chi connectivity index (χ2v) is 9.25. The number of piperazine rings is 1. The van der Waals surface area contributed by atoms with Crippen LogP contribution in [0.1, 0.15) is 32.8 Å². The Morgan fingerprint density at radius 3 is 2.61 bits per heavy atom. The van der Waals surface area contributed by atoms with Crippen LogP contribution in [0.2, 0.25) is 0 Å². The van der Waals surface area contributed by atoms with Crippen molar-refractivity contribution in [2.45, 2.75) is 38.8 Å². The van der Waals surface area contributed by atoms with Gasteiger partial charge in [0.1, 0.15) is 11.7 Å². The Kier molecular flexibility index (Phi) is 6.70. The fraction of sp³-hybridized carbons (Fsp3) is 0.480. The molecule has 4 rings (SSSR count). The zero-order valence-electron chi connectivity index (χ0n) is 19.6. The van der Waals surface area contributed by atoms with Gasteiger partial charge in [-0.05, 0) is 39.0 Å². The van der Waals surface area contributed by atoms with E-state index in [-0.39, 0.29) is 6.03 Å². The first-order chi connectivity index (χ1) is 15.9. The van der Waals surface area contributed by atoms with E-state index in [1.165, 1.54) is 0 Å². The van der Waals surface area contributed by atoms with E-state index >= 15 is 0 Å². The minimum atomic E-state index is -0.504. The van der Waals surface area contributed by atoms with E-state index < -0.39 is 5.60 Å². The number of para-hydroxylation sites is 1. The summed E-state index contributed by atoms with van der Waals surface area (Å²) in [6.07, 6.45) is 2.40. The fourth-order valence-electron chi connectivity index (χ4n) is 4.54. The van der Waals surface area contributed by atoms with Crippen molar-refractivity contribution in [3.05, 3.63) is 48.2 Å². The molecule has 2 amide bonds. The van der Waals surface area contributed by atoms with Gasteiger partial charge in [-0.25, -0.2) is 9.78 Å². The molecule has 0 saturated carbocycles. The Labute approximate surface area is 195 Å². The van der Waals surface area contributed by atoms with Crippen molar-refractivity contribution in [2.75, 3.05) is 49.5 Å². The third-order valence-electron chi connectivity index (χ3n) is 6.49. The van der Waals surface area contributed by atoms with Gasteiger partial charge in [-0.2, -0.15) is 5.26 Å². The molecule has 0 spiro atoms. The Morgan fingerprint density at radius 1 is 1.15 bits per heavy atom. The van der Waals surface area contributed by atoms with Crippen LogP contribution in [0.4, 0.5) is 16.2 Å². The number of nitriles is 1. The third kappa shape index (κ3) is 5.20. The Morgan fingerprint density at radius 2 is 1.94 bits per heavy atom. The molecule has 0 radical (unpaired) electrons. The molecule has 1 atom stereocenters. The van der Waals surface area contributed by atoms with E-state index in [4.69, 9.17) is 4.74 Å². The highest BCUT2D eigenvalue weighted by molar-refractivity contribution is 5.95. The lowest BCUT2D eigenvalue weighted by Gasteiger charge is -2.39. The summed E-state index contributed by atoms with van der Waals surface area (Å²) in [5.41, 5.74) is 1.45.